The largest absolute Gasteiger partial charge is 0.496 e. The van der Waals surface area contributed by atoms with Gasteiger partial charge in [-0.3, -0.25) is 9.59 Å². The number of thiazole rings is 1. The molecular formula is C29H32N2O5S. The van der Waals surface area contributed by atoms with Gasteiger partial charge in [-0.25, -0.2) is 9.78 Å². The summed E-state index contributed by atoms with van der Waals surface area (Å²) in [6, 6.07) is 13.9. The summed E-state index contributed by atoms with van der Waals surface area (Å²) in [6.07, 6.45) is 4.42. The Labute approximate surface area is 221 Å². The monoisotopic (exact) mass is 520 g/mol. The zero-order valence-electron chi connectivity index (χ0n) is 21.5. The molecule has 8 heteroatoms. The predicted molar refractivity (Wildman–Crippen MR) is 143 cm³/mol. The second kappa shape index (κ2) is 12.1. The highest BCUT2D eigenvalue weighted by Gasteiger charge is 2.29. The third-order valence-corrected chi connectivity index (χ3v) is 7.47. The number of benzene rings is 2. The van der Waals surface area contributed by atoms with Gasteiger partial charge in [0.25, 0.3) is 5.91 Å². The molecule has 1 fully saturated rings. The molecule has 0 radical (unpaired) electrons. The lowest BCUT2D eigenvalue weighted by atomic mass is 9.99. The third-order valence-electron chi connectivity index (χ3n) is 6.51. The summed E-state index contributed by atoms with van der Waals surface area (Å²) in [5.74, 6) is 0.411. The van der Waals surface area contributed by atoms with Crippen LogP contribution in [0.3, 0.4) is 0 Å². The van der Waals surface area contributed by atoms with Crippen LogP contribution in [0.1, 0.15) is 84.3 Å². The van der Waals surface area contributed by atoms with Crippen LogP contribution in [0.2, 0.25) is 0 Å². The minimum absolute atomic E-state index is 0.00144. The van der Waals surface area contributed by atoms with Gasteiger partial charge in [0.05, 0.1) is 20.3 Å². The molecule has 1 aliphatic carbocycles. The van der Waals surface area contributed by atoms with Crippen LogP contribution in [-0.2, 0) is 17.7 Å². The number of ether oxygens (including phenoxy) is 2. The first-order chi connectivity index (χ1) is 17.9. The first-order valence-electron chi connectivity index (χ1n) is 12.6. The van der Waals surface area contributed by atoms with Crippen molar-refractivity contribution in [1.29, 1.82) is 0 Å². The zero-order valence-corrected chi connectivity index (χ0v) is 22.3. The fraction of sp³-hybridized carbons (Fsp3) is 0.379. The Kier molecular flexibility index (Phi) is 8.71. The molecule has 3 aromatic rings. The summed E-state index contributed by atoms with van der Waals surface area (Å²) in [6.45, 7) is 4.60. The van der Waals surface area contributed by atoms with Crippen molar-refractivity contribution in [2.45, 2.75) is 52.0 Å². The number of aryl methyl sites for hydroxylation is 1. The van der Waals surface area contributed by atoms with E-state index in [9.17, 15) is 14.4 Å². The van der Waals surface area contributed by atoms with Crippen LogP contribution >= 0.6 is 11.3 Å². The molecule has 2 aromatic carbocycles. The number of nitrogens with zero attached hydrogens (tertiary/aromatic N) is 2. The molecule has 4 rings (SSSR count). The first-order valence-corrected chi connectivity index (χ1v) is 13.4. The maximum absolute atomic E-state index is 13.8. The lowest BCUT2D eigenvalue weighted by molar-refractivity contribution is 0.0518. The highest BCUT2D eigenvalue weighted by molar-refractivity contribution is 7.13. The number of aldehydes is 1. The average Bonchev–Trinajstić information content (AvgIpc) is 3.67. The third kappa shape index (κ3) is 6.43. The number of carbonyl (C=O) groups is 3. The topological polar surface area (TPSA) is 85.8 Å². The first kappa shape index (κ1) is 26.5. The van der Waals surface area contributed by atoms with E-state index >= 15 is 0 Å². The Bertz CT molecular complexity index is 1270. The quantitative estimate of drug-likeness (QED) is 0.228. The molecule has 0 N–H and O–H groups in total. The van der Waals surface area contributed by atoms with Crippen molar-refractivity contribution in [2.75, 3.05) is 20.3 Å². The van der Waals surface area contributed by atoms with Gasteiger partial charge in [0.1, 0.15) is 15.6 Å². The number of hydrogen-bond donors (Lipinski definition) is 0. The Morgan fingerprint density at radius 1 is 1.19 bits per heavy atom. The van der Waals surface area contributed by atoms with Crippen LogP contribution in [-0.4, -0.2) is 48.3 Å². The van der Waals surface area contributed by atoms with E-state index < -0.39 is 5.97 Å². The molecule has 7 nitrogen and oxygen atoms in total. The SMILES string of the molecule is CCOC(=O)c1nc(CN(CCCc2ccccc2)C(=O)c2cc(OC)c(C)c(C3CC3)c2)sc1C=O. The van der Waals surface area contributed by atoms with Crippen molar-refractivity contribution in [3.05, 3.63) is 80.3 Å². The molecule has 0 aliphatic heterocycles. The summed E-state index contributed by atoms with van der Waals surface area (Å²) < 4.78 is 10.7. The molecule has 0 spiro atoms. The molecule has 0 unspecified atom stereocenters. The van der Waals surface area contributed by atoms with Crippen molar-refractivity contribution in [3.8, 4) is 5.75 Å². The normalized spacial score (nSPS) is 12.7. The highest BCUT2D eigenvalue weighted by Crippen LogP contribution is 2.44. The molecule has 1 amide bonds. The Balaban J connectivity index is 1.61. The van der Waals surface area contributed by atoms with Crippen molar-refractivity contribution in [2.24, 2.45) is 0 Å². The van der Waals surface area contributed by atoms with E-state index in [1.54, 1.807) is 25.0 Å². The van der Waals surface area contributed by atoms with E-state index in [1.165, 1.54) is 5.56 Å². The van der Waals surface area contributed by atoms with Crippen LogP contribution < -0.4 is 4.74 Å². The average molecular weight is 521 g/mol. The Hall–Kier alpha value is -3.52. The molecule has 1 heterocycles. The van der Waals surface area contributed by atoms with Gasteiger partial charge in [-0.15, -0.1) is 11.3 Å². The number of esters is 1. The van der Waals surface area contributed by atoms with E-state index in [4.69, 9.17) is 9.47 Å². The van der Waals surface area contributed by atoms with Gasteiger partial charge < -0.3 is 14.4 Å². The number of hydrogen-bond acceptors (Lipinski definition) is 7. The number of carbonyl (C=O) groups excluding carboxylic acids is 3. The highest BCUT2D eigenvalue weighted by atomic mass is 32.1. The van der Waals surface area contributed by atoms with Crippen molar-refractivity contribution in [3.63, 3.8) is 0 Å². The van der Waals surface area contributed by atoms with Crippen LogP contribution in [0.4, 0.5) is 0 Å². The van der Waals surface area contributed by atoms with Gasteiger partial charge in [-0.05, 0) is 74.3 Å². The van der Waals surface area contributed by atoms with E-state index in [1.807, 2.05) is 31.2 Å². The van der Waals surface area contributed by atoms with Crippen molar-refractivity contribution < 1.29 is 23.9 Å². The van der Waals surface area contributed by atoms with E-state index in [0.29, 0.717) is 35.1 Å². The fourth-order valence-electron chi connectivity index (χ4n) is 4.45. The molecule has 1 aliphatic rings. The minimum Gasteiger partial charge on any atom is -0.496 e. The van der Waals surface area contributed by atoms with Gasteiger partial charge in [0.2, 0.25) is 0 Å². The molecule has 1 aromatic heterocycles. The van der Waals surface area contributed by atoms with Crippen molar-refractivity contribution >= 4 is 29.5 Å². The second-order valence-corrected chi connectivity index (χ2v) is 10.3. The number of methoxy groups -OCH3 is 1. The van der Waals surface area contributed by atoms with Crippen LogP contribution in [0.5, 0.6) is 5.75 Å². The second-order valence-electron chi connectivity index (χ2n) is 9.14. The molecule has 37 heavy (non-hydrogen) atoms. The summed E-state index contributed by atoms with van der Waals surface area (Å²) in [4.78, 5) is 44.1. The lowest BCUT2D eigenvalue weighted by Gasteiger charge is -2.23. The zero-order chi connectivity index (χ0) is 26.4. The minimum atomic E-state index is -0.633. The molecule has 0 bridgehead atoms. The van der Waals surface area contributed by atoms with Crippen LogP contribution in [0, 0.1) is 6.92 Å². The van der Waals surface area contributed by atoms with Gasteiger partial charge in [0.15, 0.2) is 12.0 Å². The number of rotatable bonds is 12. The van der Waals surface area contributed by atoms with Gasteiger partial charge in [-0.2, -0.15) is 0 Å². The lowest BCUT2D eigenvalue weighted by Crippen LogP contribution is -2.32. The standard InChI is InChI=1S/C29H32N2O5S/c1-4-36-29(34)27-25(18-32)37-26(30-27)17-31(14-8-11-20-9-6-5-7-10-20)28(33)22-15-23(21-12-13-21)19(2)24(16-22)35-3/h5-7,9-10,15-16,18,21H,4,8,11-14,17H2,1-3H3. The van der Waals surface area contributed by atoms with Crippen LogP contribution in [0.15, 0.2) is 42.5 Å². The summed E-state index contributed by atoms with van der Waals surface area (Å²) in [7, 11) is 1.62. The molecule has 0 atom stereocenters. The maximum Gasteiger partial charge on any atom is 0.358 e. The number of aromatic nitrogens is 1. The molecular weight excluding hydrogens is 488 g/mol. The molecule has 1 saturated carbocycles. The van der Waals surface area contributed by atoms with Gasteiger partial charge in [-0.1, -0.05) is 30.3 Å². The molecule has 194 valence electrons. The predicted octanol–water partition coefficient (Wildman–Crippen LogP) is 5.60. The summed E-state index contributed by atoms with van der Waals surface area (Å²) in [5, 5.41) is 0.514. The van der Waals surface area contributed by atoms with E-state index in [-0.39, 0.29) is 29.6 Å². The molecule has 0 saturated heterocycles. The smallest absolute Gasteiger partial charge is 0.358 e. The van der Waals surface area contributed by atoms with Gasteiger partial charge >= 0.3 is 5.97 Å². The van der Waals surface area contributed by atoms with Crippen LogP contribution in [0.25, 0.3) is 0 Å². The Morgan fingerprint density at radius 2 is 1.95 bits per heavy atom. The maximum atomic E-state index is 13.8. The van der Waals surface area contributed by atoms with Crippen molar-refractivity contribution in [1.82, 2.24) is 9.88 Å². The van der Waals surface area contributed by atoms with E-state index in [2.05, 4.69) is 17.1 Å². The summed E-state index contributed by atoms with van der Waals surface area (Å²) in [5.41, 5.74) is 4.01. The van der Waals surface area contributed by atoms with E-state index in [0.717, 1.165) is 48.1 Å². The Morgan fingerprint density at radius 3 is 2.59 bits per heavy atom. The number of amides is 1. The summed E-state index contributed by atoms with van der Waals surface area (Å²) >= 11 is 1.11. The van der Waals surface area contributed by atoms with Gasteiger partial charge in [0, 0.05) is 12.1 Å². The fourth-order valence-corrected chi connectivity index (χ4v) is 5.34.